The molecule has 0 aromatic heterocycles. The second-order valence-electron chi connectivity index (χ2n) is 6.52. The maximum Gasteiger partial charge on any atom is 0.0429 e. The molecular formula is C18H30N2. The zero-order valence-electron chi connectivity index (χ0n) is 13.5. The molecule has 1 heterocycles. The third kappa shape index (κ3) is 3.76. The third-order valence-corrected chi connectivity index (χ3v) is 4.36. The van der Waals surface area contributed by atoms with Gasteiger partial charge in [-0.3, -0.25) is 4.90 Å². The lowest BCUT2D eigenvalue weighted by Crippen LogP contribution is -2.43. The molecule has 0 spiro atoms. The molecule has 20 heavy (non-hydrogen) atoms. The highest BCUT2D eigenvalue weighted by Crippen LogP contribution is 2.26. The molecule has 2 heteroatoms. The molecule has 1 atom stereocenters. The van der Waals surface area contributed by atoms with Crippen molar-refractivity contribution in [1.82, 2.24) is 4.90 Å². The van der Waals surface area contributed by atoms with Gasteiger partial charge in [0.1, 0.15) is 0 Å². The fraction of sp³-hybridized carbons (Fsp3) is 0.667. The summed E-state index contributed by atoms with van der Waals surface area (Å²) in [5.74, 6) is 0.736. The van der Waals surface area contributed by atoms with Gasteiger partial charge in [-0.2, -0.15) is 0 Å². The minimum atomic E-state index is 0.576. The predicted molar refractivity (Wildman–Crippen MR) is 88.3 cm³/mol. The Hall–Kier alpha value is -1.02. The van der Waals surface area contributed by atoms with E-state index >= 15 is 0 Å². The van der Waals surface area contributed by atoms with E-state index in [1.165, 1.54) is 43.6 Å². The van der Waals surface area contributed by atoms with Crippen LogP contribution < -0.4 is 5.32 Å². The summed E-state index contributed by atoms with van der Waals surface area (Å²) in [6, 6.07) is 10.0. The molecule has 0 bridgehead atoms. The monoisotopic (exact) mass is 274 g/mol. The standard InChI is InChI=1S/C18H30N2/c1-5-17(6-2)20(12-14(3)4)13-16-11-15-9-7-8-10-18(15)19-16/h7-10,14,16-17,19H,5-6,11-13H2,1-4H3. The van der Waals surface area contributed by atoms with Gasteiger partial charge in [0.25, 0.3) is 0 Å². The summed E-state index contributed by atoms with van der Waals surface area (Å²) >= 11 is 0. The lowest BCUT2D eigenvalue weighted by molar-refractivity contribution is 0.160. The first-order chi connectivity index (χ1) is 9.63. The van der Waals surface area contributed by atoms with Crippen LogP contribution in [-0.2, 0) is 6.42 Å². The Morgan fingerprint density at radius 3 is 2.50 bits per heavy atom. The Balaban J connectivity index is 1.99. The van der Waals surface area contributed by atoms with Gasteiger partial charge in [0.15, 0.2) is 0 Å². The van der Waals surface area contributed by atoms with Crippen molar-refractivity contribution in [2.24, 2.45) is 5.92 Å². The van der Waals surface area contributed by atoms with Gasteiger partial charge >= 0.3 is 0 Å². The average Bonchev–Trinajstić information content (AvgIpc) is 2.81. The molecule has 2 nitrogen and oxygen atoms in total. The highest BCUT2D eigenvalue weighted by Gasteiger charge is 2.25. The van der Waals surface area contributed by atoms with Crippen LogP contribution in [-0.4, -0.2) is 30.1 Å². The summed E-state index contributed by atoms with van der Waals surface area (Å²) in [5, 5.41) is 3.70. The van der Waals surface area contributed by atoms with Crippen molar-refractivity contribution in [2.75, 3.05) is 18.4 Å². The summed E-state index contributed by atoms with van der Waals surface area (Å²) in [6.45, 7) is 11.7. The molecule has 1 aliphatic rings. The Morgan fingerprint density at radius 1 is 1.20 bits per heavy atom. The van der Waals surface area contributed by atoms with Crippen LogP contribution in [0.15, 0.2) is 24.3 Å². The van der Waals surface area contributed by atoms with Crippen molar-refractivity contribution in [3.63, 3.8) is 0 Å². The summed E-state index contributed by atoms with van der Waals surface area (Å²) in [7, 11) is 0. The van der Waals surface area contributed by atoms with Crippen molar-refractivity contribution in [1.29, 1.82) is 0 Å². The fourth-order valence-corrected chi connectivity index (χ4v) is 3.42. The van der Waals surface area contributed by atoms with Crippen LogP contribution in [0.25, 0.3) is 0 Å². The molecule has 0 amide bonds. The molecular weight excluding hydrogens is 244 g/mol. The first-order valence-electron chi connectivity index (χ1n) is 8.22. The van der Waals surface area contributed by atoms with E-state index in [4.69, 9.17) is 0 Å². The van der Waals surface area contributed by atoms with E-state index in [0.29, 0.717) is 6.04 Å². The number of para-hydroxylation sites is 1. The van der Waals surface area contributed by atoms with Gasteiger partial charge in [-0.25, -0.2) is 0 Å². The lowest BCUT2D eigenvalue weighted by atomic mass is 10.0. The number of hydrogen-bond acceptors (Lipinski definition) is 2. The highest BCUT2D eigenvalue weighted by molar-refractivity contribution is 5.56. The van der Waals surface area contributed by atoms with Crippen molar-refractivity contribution >= 4 is 5.69 Å². The minimum absolute atomic E-state index is 0.576. The number of anilines is 1. The SMILES string of the molecule is CCC(CC)N(CC(C)C)CC1Cc2ccccc2N1. The molecule has 0 saturated heterocycles. The molecule has 1 aromatic carbocycles. The van der Waals surface area contributed by atoms with Crippen LogP contribution in [0.4, 0.5) is 5.69 Å². The Bertz CT molecular complexity index is 385. The normalized spacial score (nSPS) is 17.9. The van der Waals surface area contributed by atoms with Gasteiger partial charge in [-0.1, -0.05) is 45.9 Å². The largest absolute Gasteiger partial charge is 0.380 e. The fourth-order valence-electron chi connectivity index (χ4n) is 3.42. The molecule has 1 N–H and O–H groups in total. The molecule has 2 rings (SSSR count). The van der Waals surface area contributed by atoms with Crippen molar-refractivity contribution in [3.05, 3.63) is 29.8 Å². The predicted octanol–water partition coefficient (Wildman–Crippen LogP) is 4.17. The number of nitrogens with one attached hydrogen (secondary N) is 1. The van der Waals surface area contributed by atoms with E-state index in [-0.39, 0.29) is 0 Å². The van der Waals surface area contributed by atoms with E-state index < -0.39 is 0 Å². The van der Waals surface area contributed by atoms with Crippen LogP contribution >= 0.6 is 0 Å². The highest BCUT2D eigenvalue weighted by atomic mass is 15.2. The number of rotatable bonds is 7. The quantitative estimate of drug-likeness (QED) is 0.803. The zero-order valence-corrected chi connectivity index (χ0v) is 13.5. The topological polar surface area (TPSA) is 15.3 Å². The van der Waals surface area contributed by atoms with E-state index in [1.807, 2.05) is 0 Å². The van der Waals surface area contributed by atoms with Gasteiger partial charge in [-0.05, 0) is 36.8 Å². The van der Waals surface area contributed by atoms with Crippen molar-refractivity contribution in [3.8, 4) is 0 Å². The van der Waals surface area contributed by atoms with Crippen LogP contribution in [0.3, 0.4) is 0 Å². The Kier molecular flexibility index (Phi) is 5.47. The van der Waals surface area contributed by atoms with E-state index in [0.717, 1.165) is 12.0 Å². The van der Waals surface area contributed by atoms with Crippen LogP contribution in [0.2, 0.25) is 0 Å². The maximum atomic E-state index is 3.70. The maximum absolute atomic E-state index is 3.70. The van der Waals surface area contributed by atoms with Gasteiger partial charge in [-0.15, -0.1) is 0 Å². The molecule has 0 aliphatic carbocycles. The van der Waals surface area contributed by atoms with E-state index in [9.17, 15) is 0 Å². The molecule has 1 unspecified atom stereocenters. The summed E-state index contributed by atoms with van der Waals surface area (Å²) in [4.78, 5) is 2.70. The molecule has 0 radical (unpaired) electrons. The molecule has 0 saturated carbocycles. The van der Waals surface area contributed by atoms with Gasteiger partial charge < -0.3 is 5.32 Å². The summed E-state index contributed by atoms with van der Waals surface area (Å²) in [6.07, 6.45) is 3.68. The van der Waals surface area contributed by atoms with Crippen molar-refractivity contribution in [2.45, 2.75) is 59.0 Å². The van der Waals surface area contributed by atoms with Gasteiger partial charge in [0.05, 0.1) is 0 Å². The number of hydrogen-bond donors (Lipinski definition) is 1. The summed E-state index contributed by atoms with van der Waals surface area (Å²) in [5.41, 5.74) is 2.82. The Morgan fingerprint density at radius 2 is 1.90 bits per heavy atom. The molecule has 1 aromatic rings. The van der Waals surface area contributed by atoms with E-state index in [2.05, 4.69) is 62.2 Å². The average molecular weight is 274 g/mol. The van der Waals surface area contributed by atoms with Crippen molar-refractivity contribution < 1.29 is 0 Å². The first kappa shape index (κ1) is 15.4. The number of benzene rings is 1. The van der Waals surface area contributed by atoms with E-state index in [1.54, 1.807) is 0 Å². The summed E-state index contributed by atoms with van der Waals surface area (Å²) < 4.78 is 0. The first-order valence-corrected chi connectivity index (χ1v) is 8.22. The zero-order chi connectivity index (χ0) is 14.5. The number of fused-ring (bicyclic) bond motifs is 1. The molecule has 112 valence electrons. The Labute approximate surface area is 124 Å². The third-order valence-electron chi connectivity index (χ3n) is 4.36. The smallest absolute Gasteiger partial charge is 0.0429 e. The second-order valence-corrected chi connectivity index (χ2v) is 6.52. The lowest BCUT2D eigenvalue weighted by Gasteiger charge is -2.34. The minimum Gasteiger partial charge on any atom is -0.380 e. The van der Waals surface area contributed by atoms with Crippen LogP contribution in [0.1, 0.15) is 46.1 Å². The molecule has 1 aliphatic heterocycles. The van der Waals surface area contributed by atoms with Gasteiger partial charge in [0.2, 0.25) is 0 Å². The van der Waals surface area contributed by atoms with Gasteiger partial charge in [0, 0.05) is 30.9 Å². The van der Waals surface area contributed by atoms with Crippen LogP contribution in [0, 0.1) is 5.92 Å². The van der Waals surface area contributed by atoms with Crippen LogP contribution in [0.5, 0.6) is 0 Å². The number of nitrogens with zero attached hydrogens (tertiary/aromatic N) is 1. The molecule has 0 fully saturated rings. The second kappa shape index (κ2) is 7.12.